The Labute approximate surface area is 128 Å². The number of rotatable bonds is 6. The summed E-state index contributed by atoms with van der Waals surface area (Å²) in [7, 11) is 0. The van der Waals surface area contributed by atoms with E-state index in [1.54, 1.807) is 0 Å². The Hall–Kier alpha value is -2.82. The Bertz CT molecular complexity index is 543. The highest BCUT2D eigenvalue weighted by atomic mass is 16.6. The monoisotopic (exact) mass is 299 g/mol. The predicted octanol–water partition coefficient (Wildman–Crippen LogP) is 2.66. The number of ether oxygens (including phenoxy) is 2. The number of benzene rings is 2. The fraction of sp³-hybridized carbons (Fsp3) is 0.176. The van der Waals surface area contributed by atoms with Gasteiger partial charge in [-0.2, -0.15) is 0 Å². The first-order valence-corrected chi connectivity index (χ1v) is 6.88. The van der Waals surface area contributed by atoms with Crippen LogP contribution in [0.1, 0.15) is 11.1 Å². The number of carbonyl (C=O) groups excluding carboxylic acids is 2. The second-order valence-corrected chi connectivity index (χ2v) is 4.56. The molecule has 0 heterocycles. The van der Waals surface area contributed by atoms with Gasteiger partial charge in [-0.15, -0.1) is 0 Å². The molecule has 0 spiro atoms. The van der Waals surface area contributed by atoms with Gasteiger partial charge in [-0.25, -0.2) is 4.79 Å². The van der Waals surface area contributed by atoms with Crippen LogP contribution in [0.15, 0.2) is 60.7 Å². The van der Waals surface area contributed by atoms with Gasteiger partial charge in [0.2, 0.25) is 0 Å². The Morgan fingerprint density at radius 1 is 0.773 bits per heavy atom. The lowest BCUT2D eigenvalue weighted by atomic mass is 10.2. The zero-order valence-electron chi connectivity index (χ0n) is 12.0. The highest BCUT2D eigenvalue weighted by Crippen LogP contribution is 2.01. The second-order valence-electron chi connectivity index (χ2n) is 4.56. The quantitative estimate of drug-likeness (QED) is 0.833. The Balaban J connectivity index is 1.62. The van der Waals surface area contributed by atoms with Crippen LogP contribution >= 0.6 is 0 Å². The molecule has 0 unspecified atom stereocenters. The summed E-state index contributed by atoms with van der Waals surface area (Å²) in [6.07, 6.45) is -0.652. The molecule has 0 aromatic heterocycles. The molecule has 114 valence electrons. The van der Waals surface area contributed by atoms with Crippen molar-refractivity contribution < 1.29 is 19.1 Å². The third kappa shape index (κ3) is 5.66. The first kappa shape index (κ1) is 15.6. The van der Waals surface area contributed by atoms with E-state index in [2.05, 4.69) is 5.32 Å². The number of hydrogen-bond donors (Lipinski definition) is 1. The molecule has 0 saturated carbocycles. The molecule has 22 heavy (non-hydrogen) atoms. The minimum Gasteiger partial charge on any atom is -0.460 e. The minimum atomic E-state index is -0.652. The summed E-state index contributed by atoms with van der Waals surface area (Å²) in [6.45, 7) is 0.118. The highest BCUT2D eigenvalue weighted by molar-refractivity contribution is 5.77. The van der Waals surface area contributed by atoms with Gasteiger partial charge in [0.25, 0.3) is 0 Å². The number of esters is 1. The van der Waals surface area contributed by atoms with Gasteiger partial charge >= 0.3 is 12.1 Å². The molecular formula is C17H17NO4. The smallest absolute Gasteiger partial charge is 0.407 e. The Morgan fingerprint density at radius 2 is 1.27 bits per heavy atom. The average Bonchev–Trinajstić information content (AvgIpc) is 2.58. The fourth-order valence-electron chi connectivity index (χ4n) is 1.71. The van der Waals surface area contributed by atoms with Gasteiger partial charge in [-0.3, -0.25) is 4.79 Å². The summed E-state index contributed by atoms with van der Waals surface area (Å²) in [5.74, 6) is -0.513. The van der Waals surface area contributed by atoms with Crippen LogP contribution in [0, 0.1) is 0 Å². The lowest BCUT2D eigenvalue weighted by Crippen LogP contribution is -2.31. The number of alkyl carbamates (subject to hydrolysis) is 1. The predicted molar refractivity (Wildman–Crippen MR) is 80.9 cm³/mol. The van der Waals surface area contributed by atoms with Crippen LogP contribution < -0.4 is 5.32 Å². The normalized spacial score (nSPS) is 9.82. The van der Waals surface area contributed by atoms with Gasteiger partial charge in [0.15, 0.2) is 0 Å². The van der Waals surface area contributed by atoms with Crippen molar-refractivity contribution >= 4 is 12.1 Å². The van der Waals surface area contributed by atoms with Crippen LogP contribution in [0.25, 0.3) is 0 Å². The van der Waals surface area contributed by atoms with Crippen molar-refractivity contribution in [3.8, 4) is 0 Å². The van der Waals surface area contributed by atoms with Gasteiger partial charge < -0.3 is 14.8 Å². The summed E-state index contributed by atoms with van der Waals surface area (Å²) < 4.78 is 10.0. The molecule has 5 nitrogen and oxygen atoms in total. The van der Waals surface area contributed by atoms with Crippen LogP contribution in [0.3, 0.4) is 0 Å². The molecule has 0 bridgehead atoms. The third-order valence-corrected chi connectivity index (χ3v) is 2.83. The van der Waals surface area contributed by atoms with Gasteiger partial charge in [0.1, 0.15) is 19.8 Å². The van der Waals surface area contributed by atoms with E-state index in [4.69, 9.17) is 9.47 Å². The van der Waals surface area contributed by atoms with Crippen LogP contribution in [0.2, 0.25) is 0 Å². The van der Waals surface area contributed by atoms with Crippen LogP contribution in [0.5, 0.6) is 0 Å². The van der Waals surface area contributed by atoms with Crippen LogP contribution in [0.4, 0.5) is 4.79 Å². The maximum Gasteiger partial charge on any atom is 0.407 e. The van der Waals surface area contributed by atoms with Crippen LogP contribution in [-0.4, -0.2) is 18.6 Å². The molecule has 0 aliphatic rings. The molecule has 2 aromatic carbocycles. The minimum absolute atomic E-state index is 0.158. The average molecular weight is 299 g/mol. The number of amides is 1. The fourth-order valence-corrected chi connectivity index (χ4v) is 1.71. The topological polar surface area (TPSA) is 64.6 Å². The van der Waals surface area contributed by atoms with Crippen molar-refractivity contribution in [2.45, 2.75) is 13.2 Å². The standard InChI is InChI=1S/C17H17NO4/c19-16(21-12-14-7-3-1-4-8-14)11-18-17(20)22-13-15-9-5-2-6-10-15/h1-10H,11-13H2,(H,18,20). The number of hydrogen-bond acceptors (Lipinski definition) is 4. The Morgan fingerprint density at radius 3 is 1.82 bits per heavy atom. The molecule has 1 amide bonds. The number of carbonyl (C=O) groups is 2. The van der Waals surface area contributed by atoms with Crippen molar-refractivity contribution in [2.75, 3.05) is 6.54 Å². The lowest BCUT2D eigenvalue weighted by Gasteiger charge is -2.07. The molecule has 5 heteroatoms. The summed E-state index contributed by atoms with van der Waals surface area (Å²) >= 11 is 0. The molecule has 2 aromatic rings. The van der Waals surface area contributed by atoms with Crippen molar-refractivity contribution in [3.63, 3.8) is 0 Å². The van der Waals surface area contributed by atoms with Gasteiger partial charge in [0.05, 0.1) is 0 Å². The lowest BCUT2D eigenvalue weighted by molar-refractivity contribution is -0.143. The summed E-state index contributed by atoms with van der Waals surface area (Å²) in [5.41, 5.74) is 1.77. The van der Waals surface area contributed by atoms with E-state index in [0.717, 1.165) is 11.1 Å². The van der Waals surface area contributed by atoms with Crippen molar-refractivity contribution in [1.82, 2.24) is 5.32 Å². The van der Waals surface area contributed by atoms with E-state index >= 15 is 0 Å². The second kappa shape index (κ2) is 8.46. The summed E-state index contributed by atoms with van der Waals surface area (Å²) in [5, 5.41) is 2.35. The van der Waals surface area contributed by atoms with E-state index in [9.17, 15) is 9.59 Å². The SMILES string of the molecule is O=C(CNC(=O)OCc1ccccc1)OCc1ccccc1. The van der Waals surface area contributed by atoms with E-state index < -0.39 is 12.1 Å². The molecule has 0 aliphatic carbocycles. The molecule has 1 N–H and O–H groups in total. The highest BCUT2D eigenvalue weighted by Gasteiger charge is 2.07. The largest absolute Gasteiger partial charge is 0.460 e. The van der Waals surface area contributed by atoms with Crippen molar-refractivity contribution in [2.24, 2.45) is 0 Å². The van der Waals surface area contributed by atoms with Crippen molar-refractivity contribution in [1.29, 1.82) is 0 Å². The molecule has 2 rings (SSSR count). The van der Waals surface area contributed by atoms with E-state index in [0.29, 0.717) is 0 Å². The third-order valence-electron chi connectivity index (χ3n) is 2.83. The molecule has 0 aliphatic heterocycles. The van der Waals surface area contributed by atoms with E-state index in [-0.39, 0.29) is 19.8 Å². The number of nitrogens with one attached hydrogen (secondary N) is 1. The Kier molecular flexibility index (Phi) is 5.99. The zero-order valence-corrected chi connectivity index (χ0v) is 12.0. The molecule has 0 radical (unpaired) electrons. The summed E-state index contributed by atoms with van der Waals surface area (Å²) in [6, 6.07) is 18.6. The maximum atomic E-state index is 11.5. The molecular weight excluding hydrogens is 282 g/mol. The van der Waals surface area contributed by atoms with Crippen molar-refractivity contribution in [3.05, 3.63) is 71.8 Å². The van der Waals surface area contributed by atoms with E-state index in [1.165, 1.54) is 0 Å². The first-order chi connectivity index (χ1) is 10.7. The maximum absolute atomic E-state index is 11.5. The van der Waals surface area contributed by atoms with Gasteiger partial charge in [-0.1, -0.05) is 60.7 Å². The van der Waals surface area contributed by atoms with Gasteiger partial charge in [-0.05, 0) is 11.1 Å². The van der Waals surface area contributed by atoms with Gasteiger partial charge in [0, 0.05) is 0 Å². The van der Waals surface area contributed by atoms with Crippen LogP contribution in [-0.2, 0) is 27.5 Å². The molecule has 0 saturated heterocycles. The molecule has 0 atom stereocenters. The molecule has 0 fully saturated rings. The zero-order chi connectivity index (χ0) is 15.6. The first-order valence-electron chi connectivity index (χ1n) is 6.88. The van der Waals surface area contributed by atoms with E-state index in [1.807, 2.05) is 60.7 Å². The summed E-state index contributed by atoms with van der Waals surface area (Å²) in [4.78, 5) is 23.0.